The number of hydrogen-bond acceptors (Lipinski definition) is 6. The number of nitrogens with zero attached hydrogens (tertiary/aromatic N) is 3. The third-order valence-corrected chi connectivity index (χ3v) is 3.90. The van der Waals surface area contributed by atoms with Gasteiger partial charge in [0, 0.05) is 12.3 Å². The minimum absolute atomic E-state index is 0.109. The molecule has 2 aromatic heterocycles. The van der Waals surface area contributed by atoms with E-state index in [-0.39, 0.29) is 5.75 Å². The molecule has 0 aliphatic heterocycles. The lowest BCUT2D eigenvalue weighted by atomic mass is 10.4. The number of carboxylic acids is 1. The fourth-order valence-electron chi connectivity index (χ4n) is 1.39. The van der Waals surface area contributed by atoms with Crippen LogP contribution < -0.4 is 5.11 Å². The summed E-state index contributed by atoms with van der Waals surface area (Å²) in [6.07, 6.45) is 0. The normalized spacial score (nSPS) is 10.6. The maximum atomic E-state index is 10.4. The number of thiophene rings is 1. The fourth-order valence-corrected chi connectivity index (χ4v) is 2.83. The molecule has 0 amide bonds. The Balaban J connectivity index is 2.27. The van der Waals surface area contributed by atoms with Crippen LogP contribution in [0.15, 0.2) is 22.7 Å². The van der Waals surface area contributed by atoms with Gasteiger partial charge in [0.2, 0.25) is 0 Å². The third-order valence-electron chi connectivity index (χ3n) is 2.09. The highest BCUT2D eigenvalue weighted by molar-refractivity contribution is 7.99. The molecule has 0 unspecified atom stereocenters. The first-order valence-corrected chi connectivity index (χ1v) is 6.88. The summed E-state index contributed by atoms with van der Waals surface area (Å²) in [5.74, 6) is -0.426. The first-order valence-electron chi connectivity index (χ1n) is 5.02. The maximum absolute atomic E-state index is 10.4. The molecule has 0 bridgehead atoms. The Hall–Kier alpha value is -1.34. The summed E-state index contributed by atoms with van der Waals surface area (Å²) in [5, 5.41) is 21.1. The minimum Gasteiger partial charge on any atom is -0.549 e. The second kappa shape index (κ2) is 5.33. The highest BCUT2D eigenvalue weighted by Crippen LogP contribution is 2.26. The van der Waals surface area contributed by atoms with E-state index in [1.807, 2.05) is 29.0 Å². The molecule has 17 heavy (non-hydrogen) atoms. The zero-order valence-electron chi connectivity index (χ0n) is 9.12. The minimum atomic E-state index is -1.10. The molecule has 5 nitrogen and oxygen atoms in total. The van der Waals surface area contributed by atoms with E-state index in [1.165, 1.54) is 0 Å². The van der Waals surface area contributed by atoms with E-state index in [0.717, 1.165) is 22.5 Å². The van der Waals surface area contributed by atoms with Crippen molar-refractivity contribution in [2.75, 3.05) is 5.75 Å². The third kappa shape index (κ3) is 2.67. The van der Waals surface area contributed by atoms with E-state index < -0.39 is 5.97 Å². The number of aromatic nitrogens is 3. The number of carbonyl (C=O) groups is 1. The van der Waals surface area contributed by atoms with E-state index >= 15 is 0 Å². The smallest absolute Gasteiger partial charge is 0.191 e. The summed E-state index contributed by atoms with van der Waals surface area (Å²) < 4.78 is 1.90. The van der Waals surface area contributed by atoms with Gasteiger partial charge in [0.25, 0.3) is 0 Å². The van der Waals surface area contributed by atoms with Gasteiger partial charge in [-0.2, -0.15) is 0 Å². The Morgan fingerprint density at radius 1 is 1.59 bits per heavy atom. The Labute approximate surface area is 106 Å². The molecule has 0 atom stereocenters. The van der Waals surface area contributed by atoms with Gasteiger partial charge in [-0.15, -0.1) is 21.5 Å². The molecule has 0 aliphatic rings. The number of carboxylic acid groups (broad SMARTS) is 1. The van der Waals surface area contributed by atoms with Crippen molar-refractivity contribution in [2.24, 2.45) is 0 Å². The summed E-state index contributed by atoms with van der Waals surface area (Å²) in [4.78, 5) is 11.4. The Morgan fingerprint density at radius 3 is 3.00 bits per heavy atom. The number of carbonyl (C=O) groups excluding carboxylic acids is 1. The van der Waals surface area contributed by atoms with Crippen molar-refractivity contribution >= 4 is 29.1 Å². The van der Waals surface area contributed by atoms with E-state index in [4.69, 9.17) is 0 Å². The zero-order chi connectivity index (χ0) is 12.3. The molecule has 7 heteroatoms. The second-order valence-corrected chi connectivity index (χ2v) is 5.08. The zero-order valence-corrected chi connectivity index (χ0v) is 10.8. The lowest BCUT2D eigenvalue weighted by Crippen LogP contribution is -2.24. The molecule has 0 aromatic carbocycles. The molecule has 0 aliphatic carbocycles. The highest BCUT2D eigenvalue weighted by atomic mass is 32.2. The predicted octanol–water partition coefficient (Wildman–Crippen LogP) is 0.869. The number of rotatable bonds is 5. The second-order valence-electron chi connectivity index (χ2n) is 3.19. The Bertz CT molecular complexity index is 508. The predicted molar refractivity (Wildman–Crippen MR) is 64.7 cm³/mol. The van der Waals surface area contributed by atoms with Crippen LogP contribution in [0.3, 0.4) is 0 Å². The summed E-state index contributed by atoms with van der Waals surface area (Å²) >= 11 is 2.71. The molecule has 2 rings (SSSR count). The van der Waals surface area contributed by atoms with E-state index in [9.17, 15) is 9.90 Å². The highest BCUT2D eigenvalue weighted by Gasteiger charge is 2.13. The van der Waals surface area contributed by atoms with Crippen molar-refractivity contribution in [3.63, 3.8) is 0 Å². The average Bonchev–Trinajstić information content (AvgIpc) is 2.94. The van der Waals surface area contributed by atoms with Crippen molar-refractivity contribution in [3.05, 3.63) is 17.5 Å². The molecule has 0 saturated heterocycles. The molecular weight excluding hydrogens is 258 g/mol. The molecule has 0 saturated carbocycles. The summed E-state index contributed by atoms with van der Waals surface area (Å²) in [7, 11) is 0. The van der Waals surface area contributed by atoms with Gasteiger partial charge in [0.1, 0.15) is 0 Å². The first kappa shape index (κ1) is 12.1. The molecule has 0 radical (unpaired) electrons. The van der Waals surface area contributed by atoms with Gasteiger partial charge in [-0.1, -0.05) is 17.8 Å². The van der Waals surface area contributed by atoms with E-state index in [1.54, 1.807) is 11.3 Å². The Kier molecular flexibility index (Phi) is 3.80. The van der Waals surface area contributed by atoms with E-state index in [0.29, 0.717) is 11.7 Å². The van der Waals surface area contributed by atoms with Crippen LogP contribution in [0.2, 0.25) is 0 Å². The SMILES string of the molecule is CCn1c(SCC(=O)[O-])nnc1-c1cccs1. The van der Waals surface area contributed by atoms with Crippen LogP contribution in [-0.4, -0.2) is 26.5 Å². The quantitative estimate of drug-likeness (QED) is 0.752. The van der Waals surface area contributed by atoms with Gasteiger partial charge in [-0.05, 0) is 18.4 Å². The van der Waals surface area contributed by atoms with Crippen molar-refractivity contribution in [3.8, 4) is 10.7 Å². The maximum Gasteiger partial charge on any atom is 0.191 e. The summed E-state index contributed by atoms with van der Waals surface area (Å²) in [6, 6.07) is 3.91. The Morgan fingerprint density at radius 2 is 2.41 bits per heavy atom. The summed E-state index contributed by atoms with van der Waals surface area (Å²) in [5.41, 5.74) is 0. The first-order chi connectivity index (χ1) is 8.22. The van der Waals surface area contributed by atoms with Crippen LogP contribution >= 0.6 is 23.1 Å². The van der Waals surface area contributed by atoms with Gasteiger partial charge in [0.15, 0.2) is 11.0 Å². The number of thioether (sulfide) groups is 1. The van der Waals surface area contributed by atoms with E-state index in [2.05, 4.69) is 10.2 Å². The molecule has 0 fully saturated rings. The van der Waals surface area contributed by atoms with Crippen LogP contribution in [0.25, 0.3) is 10.7 Å². The van der Waals surface area contributed by atoms with Gasteiger partial charge in [-0.3, -0.25) is 0 Å². The topological polar surface area (TPSA) is 70.8 Å². The van der Waals surface area contributed by atoms with Crippen molar-refractivity contribution in [1.82, 2.24) is 14.8 Å². The van der Waals surface area contributed by atoms with Crippen LogP contribution in [-0.2, 0) is 11.3 Å². The van der Waals surface area contributed by atoms with Gasteiger partial charge in [0.05, 0.1) is 10.8 Å². The van der Waals surface area contributed by atoms with Gasteiger partial charge in [-0.25, -0.2) is 0 Å². The van der Waals surface area contributed by atoms with Crippen LogP contribution in [0, 0.1) is 0 Å². The van der Waals surface area contributed by atoms with Crippen LogP contribution in [0.5, 0.6) is 0 Å². The monoisotopic (exact) mass is 268 g/mol. The molecule has 2 aromatic rings. The number of hydrogen-bond donors (Lipinski definition) is 0. The van der Waals surface area contributed by atoms with Crippen LogP contribution in [0.4, 0.5) is 0 Å². The standard InChI is InChI=1S/C10H11N3O2S2/c1-2-13-9(7-4-3-5-16-7)11-12-10(13)17-6-8(14)15/h3-5H,2,6H2,1H3,(H,14,15)/p-1. The lowest BCUT2D eigenvalue weighted by molar-refractivity contribution is -0.301. The van der Waals surface area contributed by atoms with Gasteiger partial charge >= 0.3 is 0 Å². The van der Waals surface area contributed by atoms with Crippen molar-refractivity contribution in [2.45, 2.75) is 18.6 Å². The van der Waals surface area contributed by atoms with Gasteiger partial charge < -0.3 is 14.5 Å². The average molecular weight is 268 g/mol. The molecular formula is C10H10N3O2S2-. The molecule has 90 valence electrons. The van der Waals surface area contributed by atoms with Crippen molar-refractivity contribution in [1.29, 1.82) is 0 Å². The number of aliphatic carboxylic acids is 1. The fraction of sp³-hybridized carbons (Fsp3) is 0.300. The largest absolute Gasteiger partial charge is 0.549 e. The summed E-state index contributed by atoms with van der Waals surface area (Å²) in [6.45, 7) is 2.68. The van der Waals surface area contributed by atoms with Crippen molar-refractivity contribution < 1.29 is 9.90 Å². The molecule has 0 N–H and O–H groups in total. The molecule has 0 spiro atoms. The molecule has 2 heterocycles. The lowest BCUT2D eigenvalue weighted by Gasteiger charge is -2.06. The van der Waals surface area contributed by atoms with Crippen LogP contribution in [0.1, 0.15) is 6.92 Å².